The van der Waals surface area contributed by atoms with Crippen molar-refractivity contribution in [2.45, 2.75) is 77.0 Å². The van der Waals surface area contributed by atoms with Gasteiger partial charge in [0.05, 0.1) is 0 Å². The van der Waals surface area contributed by atoms with Crippen LogP contribution in [0, 0.1) is 5.92 Å². The molecule has 0 bridgehead atoms. The van der Waals surface area contributed by atoms with Gasteiger partial charge in [-0.3, -0.25) is 4.21 Å². The number of hydrogen-bond acceptors (Lipinski definition) is 2. The smallest absolute Gasteiger partial charge is 0.0498 e. The largest absolute Gasteiger partial charge is 0.313 e. The van der Waals surface area contributed by atoms with Crippen molar-refractivity contribution in [3.8, 4) is 0 Å². The van der Waals surface area contributed by atoms with Crippen LogP contribution in [-0.2, 0) is 10.8 Å². The molecule has 0 amide bonds. The Kier molecular flexibility index (Phi) is 8.16. The quantitative estimate of drug-likeness (QED) is 0.697. The predicted octanol–water partition coefficient (Wildman–Crippen LogP) is 3.48. The average Bonchev–Trinajstić information content (AvgIpc) is 2.83. The molecule has 1 rings (SSSR count). The Labute approximate surface area is 116 Å². The molecular formula is C15H31NOS. The highest BCUT2D eigenvalue weighted by atomic mass is 32.2. The molecule has 0 aromatic rings. The summed E-state index contributed by atoms with van der Waals surface area (Å²) >= 11 is 0. The number of nitrogens with one attached hydrogen (secondary N) is 1. The van der Waals surface area contributed by atoms with Gasteiger partial charge in [0.2, 0.25) is 0 Å². The zero-order valence-corrected chi connectivity index (χ0v) is 13.2. The highest BCUT2D eigenvalue weighted by Gasteiger charge is 2.27. The molecule has 0 radical (unpaired) electrons. The van der Waals surface area contributed by atoms with Crippen LogP contribution in [0.2, 0.25) is 0 Å². The lowest BCUT2D eigenvalue weighted by molar-refractivity contribution is 0.456. The summed E-state index contributed by atoms with van der Waals surface area (Å²) in [5.74, 6) is 1.69. The molecule has 0 spiro atoms. The highest BCUT2D eigenvalue weighted by molar-refractivity contribution is 7.85. The molecule has 1 saturated carbocycles. The lowest BCUT2D eigenvalue weighted by atomic mass is 10.1. The van der Waals surface area contributed by atoms with Gasteiger partial charge in [-0.05, 0) is 38.1 Å². The Bertz CT molecular complexity index is 233. The third kappa shape index (κ3) is 5.00. The maximum absolute atomic E-state index is 12.6. The van der Waals surface area contributed by atoms with Crippen LogP contribution in [0.1, 0.15) is 65.7 Å². The maximum atomic E-state index is 12.6. The topological polar surface area (TPSA) is 29.1 Å². The molecular weight excluding hydrogens is 242 g/mol. The van der Waals surface area contributed by atoms with Crippen LogP contribution in [0.4, 0.5) is 0 Å². The average molecular weight is 273 g/mol. The van der Waals surface area contributed by atoms with Crippen molar-refractivity contribution < 1.29 is 4.21 Å². The molecule has 3 atom stereocenters. The molecule has 3 heteroatoms. The van der Waals surface area contributed by atoms with Crippen LogP contribution >= 0.6 is 0 Å². The SMILES string of the molecule is CCCC(NCC)C(CC)S(=O)CC1CCCC1. The van der Waals surface area contributed by atoms with E-state index in [4.69, 9.17) is 0 Å². The van der Waals surface area contributed by atoms with Crippen molar-refractivity contribution in [3.05, 3.63) is 0 Å². The van der Waals surface area contributed by atoms with Gasteiger partial charge >= 0.3 is 0 Å². The van der Waals surface area contributed by atoms with Crippen LogP contribution in [0.15, 0.2) is 0 Å². The third-order valence-corrected chi connectivity index (χ3v) is 6.27. The molecule has 0 saturated heterocycles. The van der Waals surface area contributed by atoms with Gasteiger partial charge in [-0.2, -0.15) is 0 Å². The van der Waals surface area contributed by atoms with E-state index in [-0.39, 0.29) is 0 Å². The molecule has 0 aliphatic heterocycles. The van der Waals surface area contributed by atoms with Crippen molar-refractivity contribution >= 4 is 10.8 Å². The van der Waals surface area contributed by atoms with Crippen LogP contribution in [0.3, 0.4) is 0 Å². The predicted molar refractivity (Wildman–Crippen MR) is 81.4 cm³/mol. The van der Waals surface area contributed by atoms with E-state index in [1.54, 1.807) is 0 Å². The summed E-state index contributed by atoms with van der Waals surface area (Å²) < 4.78 is 12.6. The van der Waals surface area contributed by atoms with Gasteiger partial charge in [0.1, 0.15) is 0 Å². The molecule has 1 fully saturated rings. The second kappa shape index (κ2) is 9.08. The molecule has 2 nitrogen and oxygen atoms in total. The fraction of sp³-hybridized carbons (Fsp3) is 1.00. The van der Waals surface area contributed by atoms with E-state index in [1.807, 2.05) is 0 Å². The molecule has 18 heavy (non-hydrogen) atoms. The molecule has 0 aromatic heterocycles. The van der Waals surface area contributed by atoms with Crippen molar-refractivity contribution in [2.75, 3.05) is 12.3 Å². The van der Waals surface area contributed by atoms with Crippen LogP contribution in [0.5, 0.6) is 0 Å². The zero-order valence-electron chi connectivity index (χ0n) is 12.4. The lowest BCUT2D eigenvalue weighted by Gasteiger charge is -2.27. The molecule has 108 valence electrons. The minimum Gasteiger partial charge on any atom is -0.313 e. The summed E-state index contributed by atoms with van der Waals surface area (Å²) in [7, 11) is -0.643. The van der Waals surface area contributed by atoms with Gasteiger partial charge in [-0.1, -0.05) is 40.0 Å². The Morgan fingerprint density at radius 1 is 1.22 bits per heavy atom. The van der Waals surface area contributed by atoms with E-state index >= 15 is 0 Å². The van der Waals surface area contributed by atoms with Gasteiger partial charge in [0.25, 0.3) is 0 Å². The van der Waals surface area contributed by atoms with Crippen molar-refractivity contribution in [2.24, 2.45) is 5.92 Å². The lowest BCUT2D eigenvalue weighted by Crippen LogP contribution is -2.43. The van der Waals surface area contributed by atoms with Gasteiger partial charge in [0, 0.05) is 27.8 Å². The van der Waals surface area contributed by atoms with Crippen LogP contribution in [-0.4, -0.2) is 27.8 Å². The van der Waals surface area contributed by atoms with E-state index in [9.17, 15) is 4.21 Å². The van der Waals surface area contributed by atoms with E-state index in [1.165, 1.54) is 32.1 Å². The van der Waals surface area contributed by atoms with Crippen molar-refractivity contribution in [1.29, 1.82) is 0 Å². The summed E-state index contributed by atoms with van der Waals surface area (Å²) in [5.41, 5.74) is 0. The molecule has 1 N–H and O–H groups in total. The highest BCUT2D eigenvalue weighted by Crippen LogP contribution is 2.27. The fourth-order valence-electron chi connectivity index (χ4n) is 3.18. The maximum Gasteiger partial charge on any atom is 0.0498 e. The normalized spacial score (nSPS) is 21.9. The second-order valence-electron chi connectivity index (χ2n) is 5.60. The third-order valence-electron chi connectivity index (χ3n) is 4.13. The zero-order chi connectivity index (χ0) is 13.4. The Morgan fingerprint density at radius 3 is 2.39 bits per heavy atom. The van der Waals surface area contributed by atoms with E-state index in [2.05, 4.69) is 26.1 Å². The molecule has 0 heterocycles. The van der Waals surface area contributed by atoms with E-state index < -0.39 is 10.8 Å². The van der Waals surface area contributed by atoms with Gasteiger partial charge < -0.3 is 5.32 Å². The summed E-state index contributed by atoms with van der Waals surface area (Å²) in [5, 5.41) is 3.90. The van der Waals surface area contributed by atoms with E-state index in [0.29, 0.717) is 11.3 Å². The Balaban J connectivity index is 2.52. The summed E-state index contributed by atoms with van der Waals surface area (Å²) in [4.78, 5) is 0. The van der Waals surface area contributed by atoms with Crippen molar-refractivity contribution in [1.82, 2.24) is 5.32 Å². The standard InChI is InChI=1S/C15H31NOS/c1-4-9-14(16-6-3)15(5-2)18(17)12-13-10-7-8-11-13/h13-16H,4-12H2,1-3H3. The summed E-state index contributed by atoms with van der Waals surface area (Å²) in [6, 6.07) is 0.451. The minimum absolute atomic E-state index is 0.352. The fourth-order valence-corrected chi connectivity index (χ4v) is 5.19. The molecule has 3 unspecified atom stereocenters. The monoisotopic (exact) mass is 273 g/mol. The molecule has 1 aliphatic carbocycles. The van der Waals surface area contributed by atoms with Gasteiger partial charge in [-0.15, -0.1) is 0 Å². The first kappa shape index (κ1) is 16.2. The summed E-state index contributed by atoms with van der Waals surface area (Å²) in [6.07, 6.45) is 8.69. The van der Waals surface area contributed by atoms with Crippen molar-refractivity contribution in [3.63, 3.8) is 0 Å². The summed E-state index contributed by atoms with van der Waals surface area (Å²) in [6.45, 7) is 7.55. The van der Waals surface area contributed by atoms with Gasteiger partial charge in [0.15, 0.2) is 0 Å². The first-order valence-electron chi connectivity index (χ1n) is 7.83. The Morgan fingerprint density at radius 2 is 1.89 bits per heavy atom. The van der Waals surface area contributed by atoms with Crippen LogP contribution in [0.25, 0.3) is 0 Å². The first-order chi connectivity index (χ1) is 8.72. The number of rotatable bonds is 9. The number of hydrogen-bond donors (Lipinski definition) is 1. The minimum atomic E-state index is -0.643. The molecule has 0 aromatic carbocycles. The Hall–Kier alpha value is 0.110. The van der Waals surface area contributed by atoms with E-state index in [0.717, 1.165) is 31.1 Å². The first-order valence-corrected chi connectivity index (χ1v) is 9.21. The van der Waals surface area contributed by atoms with Crippen LogP contribution < -0.4 is 5.32 Å². The second-order valence-corrected chi connectivity index (χ2v) is 7.30. The molecule has 1 aliphatic rings. The van der Waals surface area contributed by atoms with Gasteiger partial charge in [-0.25, -0.2) is 0 Å².